The van der Waals surface area contributed by atoms with Gasteiger partial charge in [-0.3, -0.25) is 0 Å². The second-order valence-corrected chi connectivity index (χ2v) is 7.80. The fourth-order valence-electron chi connectivity index (χ4n) is 1.67. The van der Waals surface area contributed by atoms with Gasteiger partial charge in [-0.15, -0.1) is 0 Å². The van der Waals surface area contributed by atoms with Gasteiger partial charge in [-0.2, -0.15) is 0 Å². The molecule has 1 aliphatic carbocycles. The Balaban J connectivity index is 2.24. The molecule has 1 saturated carbocycles. The Morgan fingerprint density at radius 1 is 1.40 bits per heavy atom. The van der Waals surface area contributed by atoms with Crippen LogP contribution in [0.3, 0.4) is 0 Å². The third-order valence-electron chi connectivity index (χ3n) is 2.74. The van der Waals surface area contributed by atoms with E-state index in [0.29, 0.717) is 19.3 Å². The van der Waals surface area contributed by atoms with Gasteiger partial charge in [0.05, 0.1) is 4.75 Å². The van der Waals surface area contributed by atoms with E-state index in [-0.39, 0.29) is 0 Å². The molecule has 0 amide bonds. The zero-order valence-corrected chi connectivity index (χ0v) is 11.1. The Kier molecular flexibility index (Phi) is 2.86. The lowest BCUT2D eigenvalue weighted by Gasteiger charge is -2.11. The van der Waals surface area contributed by atoms with Crippen LogP contribution in [0.25, 0.3) is 0 Å². The number of halogens is 2. The standard InChI is InChI=1S/C10H10BrClO2S/c11-9-3-1-2-8(6-9)7-10(4-5-10)15(12,13)14/h1-3,6H,4-5,7H2. The highest BCUT2D eigenvalue weighted by molar-refractivity contribution is 9.10. The van der Waals surface area contributed by atoms with Crippen molar-refractivity contribution >= 4 is 35.7 Å². The van der Waals surface area contributed by atoms with Crippen LogP contribution in [0.1, 0.15) is 18.4 Å². The zero-order valence-electron chi connectivity index (χ0n) is 7.91. The molecule has 0 N–H and O–H groups in total. The van der Waals surface area contributed by atoms with E-state index in [1.165, 1.54) is 0 Å². The van der Waals surface area contributed by atoms with Crippen LogP contribution < -0.4 is 0 Å². The van der Waals surface area contributed by atoms with Crippen LogP contribution in [0, 0.1) is 0 Å². The summed E-state index contributed by atoms with van der Waals surface area (Å²) in [5.41, 5.74) is 1.01. The van der Waals surface area contributed by atoms with Crippen molar-refractivity contribution < 1.29 is 8.42 Å². The predicted molar refractivity (Wildman–Crippen MR) is 64.6 cm³/mol. The molecule has 2 rings (SSSR count). The number of hydrogen-bond acceptors (Lipinski definition) is 2. The van der Waals surface area contributed by atoms with Crippen LogP contribution in [0.4, 0.5) is 0 Å². The number of rotatable bonds is 3. The van der Waals surface area contributed by atoms with Gasteiger partial charge >= 0.3 is 0 Å². The first-order valence-electron chi connectivity index (χ1n) is 4.62. The molecule has 0 atom stereocenters. The third-order valence-corrected chi connectivity index (χ3v) is 5.80. The molecular weight excluding hydrogens is 300 g/mol. The minimum Gasteiger partial charge on any atom is -0.212 e. The first-order valence-corrected chi connectivity index (χ1v) is 7.72. The van der Waals surface area contributed by atoms with Gasteiger partial charge in [0, 0.05) is 15.2 Å². The van der Waals surface area contributed by atoms with Gasteiger partial charge in [-0.25, -0.2) is 8.42 Å². The molecule has 1 aromatic carbocycles. The topological polar surface area (TPSA) is 34.1 Å². The molecule has 0 heterocycles. The molecule has 0 spiro atoms. The Morgan fingerprint density at radius 3 is 2.53 bits per heavy atom. The van der Waals surface area contributed by atoms with Gasteiger partial charge < -0.3 is 0 Å². The summed E-state index contributed by atoms with van der Waals surface area (Å²) < 4.78 is 23.0. The summed E-state index contributed by atoms with van der Waals surface area (Å²) in [6.07, 6.45) is 1.86. The molecule has 0 aromatic heterocycles. The van der Waals surface area contributed by atoms with E-state index in [1.807, 2.05) is 24.3 Å². The molecule has 5 heteroatoms. The second-order valence-electron chi connectivity index (χ2n) is 3.93. The van der Waals surface area contributed by atoms with Gasteiger partial charge in [0.15, 0.2) is 0 Å². The molecule has 2 nitrogen and oxygen atoms in total. The first-order chi connectivity index (χ1) is 6.93. The van der Waals surface area contributed by atoms with Crippen molar-refractivity contribution in [1.29, 1.82) is 0 Å². The van der Waals surface area contributed by atoms with E-state index in [1.54, 1.807) is 0 Å². The fourth-order valence-corrected chi connectivity index (χ4v) is 3.67. The van der Waals surface area contributed by atoms with E-state index in [2.05, 4.69) is 15.9 Å². The lowest BCUT2D eigenvalue weighted by molar-refractivity contribution is 0.590. The molecule has 0 aliphatic heterocycles. The molecule has 0 unspecified atom stereocenters. The van der Waals surface area contributed by atoms with Gasteiger partial charge in [0.1, 0.15) is 0 Å². The highest BCUT2D eigenvalue weighted by atomic mass is 79.9. The monoisotopic (exact) mass is 308 g/mol. The Labute approximate surface area is 102 Å². The lowest BCUT2D eigenvalue weighted by atomic mass is 10.1. The molecule has 15 heavy (non-hydrogen) atoms. The zero-order chi connectivity index (χ0) is 11.1. The van der Waals surface area contributed by atoms with Crippen LogP contribution in [0.15, 0.2) is 28.7 Å². The smallest absolute Gasteiger partial charge is 0.212 e. The summed E-state index contributed by atoms with van der Waals surface area (Å²) in [6.45, 7) is 0. The summed E-state index contributed by atoms with van der Waals surface area (Å²) in [5, 5.41) is 0. The quantitative estimate of drug-likeness (QED) is 0.804. The minimum atomic E-state index is -3.45. The maximum absolute atomic E-state index is 11.4. The summed E-state index contributed by atoms with van der Waals surface area (Å²) >= 11 is 3.36. The van der Waals surface area contributed by atoms with Gasteiger partial charge in [-0.05, 0) is 37.0 Å². The number of hydrogen-bond donors (Lipinski definition) is 0. The molecule has 1 aromatic rings. The minimum absolute atomic E-state index is 0.512. The van der Waals surface area contributed by atoms with Gasteiger partial charge in [0.2, 0.25) is 9.05 Å². The third kappa shape index (κ3) is 2.37. The predicted octanol–water partition coefficient (Wildman–Crippen LogP) is 3.09. The van der Waals surface area contributed by atoms with Crippen LogP contribution in [-0.2, 0) is 15.5 Å². The van der Waals surface area contributed by atoms with Gasteiger partial charge in [0.25, 0.3) is 0 Å². The molecule has 82 valence electrons. The fraction of sp³-hybridized carbons (Fsp3) is 0.400. The van der Waals surface area contributed by atoms with E-state index < -0.39 is 13.8 Å². The molecule has 0 bridgehead atoms. The highest BCUT2D eigenvalue weighted by Gasteiger charge is 2.53. The maximum atomic E-state index is 11.4. The van der Waals surface area contributed by atoms with Crippen LogP contribution in [0.2, 0.25) is 0 Å². The summed E-state index contributed by atoms with van der Waals surface area (Å²) in [5.74, 6) is 0. The first kappa shape index (κ1) is 11.4. The van der Waals surface area contributed by atoms with E-state index in [4.69, 9.17) is 10.7 Å². The normalized spacial score (nSPS) is 18.8. The Morgan fingerprint density at radius 2 is 2.07 bits per heavy atom. The van der Waals surface area contributed by atoms with Crippen LogP contribution in [0.5, 0.6) is 0 Å². The average molecular weight is 310 g/mol. The van der Waals surface area contributed by atoms with Crippen molar-refractivity contribution in [2.24, 2.45) is 0 Å². The Hall–Kier alpha value is -0.0600. The lowest BCUT2D eigenvalue weighted by Crippen LogP contribution is -2.20. The summed E-state index contributed by atoms with van der Waals surface area (Å²) in [4.78, 5) is 0. The number of benzene rings is 1. The van der Waals surface area contributed by atoms with Crippen molar-refractivity contribution in [3.63, 3.8) is 0 Å². The molecule has 1 fully saturated rings. The van der Waals surface area contributed by atoms with E-state index >= 15 is 0 Å². The van der Waals surface area contributed by atoms with Crippen LogP contribution in [-0.4, -0.2) is 13.2 Å². The van der Waals surface area contributed by atoms with Crippen LogP contribution >= 0.6 is 26.6 Å². The van der Waals surface area contributed by atoms with Crippen molar-refractivity contribution in [2.45, 2.75) is 24.0 Å². The molecule has 0 saturated heterocycles. The molecule has 1 aliphatic rings. The van der Waals surface area contributed by atoms with Crippen molar-refractivity contribution in [3.8, 4) is 0 Å². The van der Waals surface area contributed by atoms with Gasteiger partial charge in [-0.1, -0.05) is 28.1 Å². The van der Waals surface area contributed by atoms with Crippen molar-refractivity contribution in [3.05, 3.63) is 34.3 Å². The van der Waals surface area contributed by atoms with Crippen molar-refractivity contribution in [1.82, 2.24) is 0 Å². The van der Waals surface area contributed by atoms with E-state index in [0.717, 1.165) is 10.0 Å². The summed E-state index contributed by atoms with van der Waals surface area (Å²) in [7, 11) is 1.99. The maximum Gasteiger partial charge on any atom is 0.238 e. The summed E-state index contributed by atoms with van der Waals surface area (Å²) in [6, 6.07) is 7.67. The van der Waals surface area contributed by atoms with Crippen molar-refractivity contribution in [2.75, 3.05) is 0 Å². The largest absolute Gasteiger partial charge is 0.238 e. The highest BCUT2D eigenvalue weighted by Crippen LogP contribution is 2.48. The van der Waals surface area contributed by atoms with E-state index in [9.17, 15) is 8.42 Å². The SMILES string of the molecule is O=S(=O)(Cl)C1(Cc2cccc(Br)c2)CC1. The average Bonchev–Trinajstić information content (AvgIpc) is 2.84. The second kappa shape index (κ2) is 3.75. The Bertz CT molecular complexity index is 480. The molecule has 0 radical (unpaired) electrons. The molecular formula is C10H10BrClO2S.